The molecule has 3 aromatic rings. The number of nitrogen functional groups attached to an aromatic ring is 1. The molecule has 0 saturated heterocycles. The van der Waals surface area contributed by atoms with Crippen molar-refractivity contribution in [3.63, 3.8) is 0 Å². The second-order valence-corrected chi connectivity index (χ2v) is 3.65. The van der Waals surface area contributed by atoms with Gasteiger partial charge in [0.1, 0.15) is 0 Å². The third-order valence-electron chi connectivity index (χ3n) is 2.32. The van der Waals surface area contributed by atoms with E-state index in [0.29, 0.717) is 5.82 Å². The first-order chi connectivity index (χ1) is 9.33. The zero-order valence-corrected chi connectivity index (χ0v) is 9.69. The van der Waals surface area contributed by atoms with E-state index in [1.807, 2.05) is 30.3 Å². The lowest BCUT2D eigenvalue weighted by Gasteiger charge is -2.00. The van der Waals surface area contributed by atoms with Gasteiger partial charge in [-0.2, -0.15) is 10.1 Å². The second kappa shape index (κ2) is 4.69. The van der Waals surface area contributed by atoms with Crippen molar-refractivity contribution in [2.45, 2.75) is 0 Å². The van der Waals surface area contributed by atoms with Crippen LogP contribution in [0.3, 0.4) is 0 Å². The van der Waals surface area contributed by atoms with E-state index in [1.165, 1.54) is 0 Å². The molecule has 94 valence electrons. The molecule has 0 aliphatic rings. The van der Waals surface area contributed by atoms with Gasteiger partial charge in [-0.1, -0.05) is 30.3 Å². The Morgan fingerprint density at radius 2 is 1.84 bits per heavy atom. The second-order valence-electron chi connectivity index (χ2n) is 3.65. The van der Waals surface area contributed by atoms with Crippen LogP contribution in [0.1, 0.15) is 5.56 Å². The van der Waals surface area contributed by atoms with Crippen molar-refractivity contribution in [2.24, 2.45) is 5.10 Å². The fourth-order valence-corrected chi connectivity index (χ4v) is 1.44. The first-order valence-corrected chi connectivity index (χ1v) is 5.43. The van der Waals surface area contributed by atoms with Gasteiger partial charge in [-0.05, 0) is 15.9 Å². The molecule has 0 amide bonds. The molecule has 0 radical (unpaired) electrons. The highest BCUT2D eigenvalue weighted by atomic mass is 16.6. The SMILES string of the molecule is Nc1nc2nonc2nc1NN=Cc1ccccc1. The first kappa shape index (κ1) is 11.1. The van der Waals surface area contributed by atoms with Gasteiger partial charge >= 0.3 is 0 Å². The van der Waals surface area contributed by atoms with E-state index in [9.17, 15) is 0 Å². The normalized spacial score (nSPS) is 11.2. The fraction of sp³-hybridized carbons (Fsp3) is 0. The Labute approximate surface area is 107 Å². The summed E-state index contributed by atoms with van der Waals surface area (Å²) in [5.41, 5.74) is 9.89. The minimum absolute atomic E-state index is 0.174. The summed E-state index contributed by atoms with van der Waals surface area (Å²) in [6.07, 6.45) is 1.65. The Morgan fingerprint density at radius 1 is 1.11 bits per heavy atom. The molecule has 1 aromatic carbocycles. The molecule has 0 spiro atoms. The molecule has 0 aliphatic carbocycles. The molecular weight excluding hydrogens is 246 g/mol. The van der Waals surface area contributed by atoms with Gasteiger partial charge in [-0.25, -0.2) is 9.61 Å². The quantitative estimate of drug-likeness (QED) is 0.530. The molecule has 8 nitrogen and oxygen atoms in total. The van der Waals surface area contributed by atoms with E-state index in [0.717, 1.165) is 5.56 Å². The number of aromatic nitrogens is 4. The molecule has 0 aliphatic heterocycles. The number of nitrogens with one attached hydrogen (secondary N) is 1. The molecule has 0 unspecified atom stereocenters. The predicted octanol–water partition coefficient (Wildman–Crippen LogP) is 1.04. The van der Waals surface area contributed by atoms with Crippen LogP contribution in [0.25, 0.3) is 11.3 Å². The number of anilines is 2. The van der Waals surface area contributed by atoms with Crippen LogP contribution in [0.5, 0.6) is 0 Å². The van der Waals surface area contributed by atoms with E-state index in [2.05, 4.69) is 35.4 Å². The van der Waals surface area contributed by atoms with E-state index < -0.39 is 0 Å². The maximum absolute atomic E-state index is 5.71. The van der Waals surface area contributed by atoms with Crippen LogP contribution in [-0.2, 0) is 0 Å². The molecular formula is C11H9N7O. The van der Waals surface area contributed by atoms with Crippen LogP contribution >= 0.6 is 0 Å². The Morgan fingerprint density at radius 3 is 2.63 bits per heavy atom. The smallest absolute Gasteiger partial charge is 0.245 e. The van der Waals surface area contributed by atoms with Gasteiger partial charge in [-0.3, -0.25) is 5.43 Å². The third kappa shape index (κ3) is 2.32. The standard InChI is InChI=1S/C11H9N7O/c12-8-9(15-11-10(14-8)17-19-18-11)16-13-6-7-4-2-1-3-5-7/h1-6H,(H2,12,14,17)(H,15,16,18). The maximum atomic E-state index is 5.71. The molecule has 19 heavy (non-hydrogen) atoms. The highest BCUT2D eigenvalue weighted by Gasteiger charge is 2.08. The molecule has 2 heterocycles. The Balaban J connectivity index is 1.81. The molecule has 2 aromatic heterocycles. The monoisotopic (exact) mass is 255 g/mol. The number of nitrogens with zero attached hydrogens (tertiary/aromatic N) is 5. The number of rotatable bonds is 3. The summed E-state index contributed by atoms with van der Waals surface area (Å²) in [5, 5.41) is 11.1. The Bertz CT molecular complexity index is 722. The van der Waals surface area contributed by atoms with Gasteiger partial charge in [0, 0.05) is 0 Å². The largest absolute Gasteiger partial charge is 0.380 e. The number of nitrogens with two attached hydrogens (primary N) is 1. The van der Waals surface area contributed by atoms with Gasteiger partial charge in [0.05, 0.1) is 6.21 Å². The van der Waals surface area contributed by atoms with Crippen LogP contribution in [-0.4, -0.2) is 26.5 Å². The lowest BCUT2D eigenvalue weighted by atomic mass is 10.2. The highest BCUT2D eigenvalue weighted by Crippen LogP contribution is 2.15. The van der Waals surface area contributed by atoms with Crippen molar-refractivity contribution < 1.29 is 4.63 Å². The van der Waals surface area contributed by atoms with Crippen LogP contribution in [0.2, 0.25) is 0 Å². The molecule has 0 fully saturated rings. The Hall–Kier alpha value is -3.03. The third-order valence-corrected chi connectivity index (χ3v) is 2.32. The average Bonchev–Trinajstić information content (AvgIpc) is 2.87. The topological polar surface area (TPSA) is 115 Å². The molecule has 0 saturated carbocycles. The summed E-state index contributed by atoms with van der Waals surface area (Å²) < 4.78 is 4.50. The summed E-state index contributed by atoms with van der Waals surface area (Å²) >= 11 is 0. The summed E-state index contributed by atoms with van der Waals surface area (Å²) in [7, 11) is 0. The van der Waals surface area contributed by atoms with Crippen LogP contribution < -0.4 is 11.2 Å². The van der Waals surface area contributed by atoms with Crippen molar-refractivity contribution in [1.82, 2.24) is 20.3 Å². The molecule has 0 atom stereocenters. The van der Waals surface area contributed by atoms with Gasteiger partial charge < -0.3 is 5.73 Å². The highest BCUT2D eigenvalue weighted by molar-refractivity contribution is 5.80. The molecule has 3 N–H and O–H groups in total. The zero-order valence-electron chi connectivity index (χ0n) is 9.69. The predicted molar refractivity (Wildman–Crippen MR) is 69.5 cm³/mol. The van der Waals surface area contributed by atoms with E-state index >= 15 is 0 Å². The minimum atomic E-state index is 0.174. The fourth-order valence-electron chi connectivity index (χ4n) is 1.44. The molecule has 0 bridgehead atoms. The van der Waals surface area contributed by atoms with E-state index in [4.69, 9.17) is 5.73 Å². The van der Waals surface area contributed by atoms with Crippen LogP contribution in [0.15, 0.2) is 40.1 Å². The average molecular weight is 255 g/mol. The number of hydrogen-bond donors (Lipinski definition) is 2. The number of fused-ring (bicyclic) bond motifs is 1. The van der Waals surface area contributed by atoms with Crippen LogP contribution in [0, 0.1) is 0 Å². The lowest BCUT2D eigenvalue weighted by Crippen LogP contribution is -2.02. The van der Waals surface area contributed by atoms with E-state index in [-0.39, 0.29) is 17.1 Å². The van der Waals surface area contributed by atoms with E-state index in [1.54, 1.807) is 6.21 Å². The van der Waals surface area contributed by atoms with Crippen molar-refractivity contribution in [2.75, 3.05) is 11.2 Å². The summed E-state index contributed by atoms with van der Waals surface area (Å²) in [6.45, 7) is 0. The minimum Gasteiger partial charge on any atom is -0.380 e. The van der Waals surface area contributed by atoms with Gasteiger partial charge in [0.15, 0.2) is 11.6 Å². The van der Waals surface area contributed by atoms with Crippen molar-refractivity contribution in [1.29, 1.82) is 0 Å². The number of hydrogen-bond acceptors (Lipinski definition) is 8. The van der Waals surface area contributed by atoms with Gasteiger partial charge in [0.2, 0.25) is 11.3 Å². The molecule has 8 heteroatoms. The van der Waals surface area contributed by atoms with Crippen molar-refractivity contribution in [3.05, 3.63) is 35.9 Å². The van der Waals surface area contributed by atoms with Crippen LogP contribution in [0.4, 0.5) is 11.6 Å². The zero-order chi connectivity index (χ0) is 13.1. The summed E-state index contributed by atoms with van der Waals surface area (Å²) in [5.74, 6) is 0.476. The summed E-state index contributed by atoms with van der Waals surface area (Å²) in [6, 6.07) is 9.61. The maximum Gasteiger partial charge on any atom is 0.245 e. The Kier molecular flexibility index (Phi) is 2.73. The van der Waals surface area contributed by atoms with Crippen molar-refractivity contribution in [3.8, 4) is 0 Å². The number of benzene rings is 1. The number of hydrazone groups is 1. The first-order valence-electron chi connectivity index (χ1n) is 5.43. The lowest BCUT2D eigenvalue weighted by molar-refractivity contribution is 0.314. The van der Waals surface area contributed by atoms with Gasteiger partial charge in [-0.15, -0.1) is 0 Å². The van der Waals surface area contributed by atoms with Crippen molar-refractivity contribution >= 4 is 29.1 Å². The van der Waals surface area contributed by atoms with Gasteiger partial charge in [0.25, 0.3) is 0 Å². The molecule has 3 rings (SSSR count). The summed E-state index contributed by atoms with van der Waals surface area (Å²) in [4.78, 5) is 8.06.